The van der Waals surface area contributed by atoms with E-state index in [4.69, 9.17) is 5.11 Å². The van der Waals surface area contributed by atoms with Gasteiger partial charge in [-0.1, -0.05) is 13.8 Å². The number of carboxylic acids is 1. The molecule has 0 heterocycles. The van der Waals surface area contributed by atoms with Crippen LogP contribution in [0.2, 0.25) is 0 Å². The maximum Gasteiger partial charge on any atom is 0.326 e. The van der Waals surface area contributed by atoms with Gasteiger partial charge in [-0.3, -0.25) is 0 Å². The van der Waals surface area contributed by atoms with Crippen LogP contribution in [0.3, 0.4) is 0 Å². The smallest absolute Gasteiger partial charge is 0.326 e. The molecule has 0 aliphatic rings. The molecule has 0 aliphatic carbocycles. The minimum atomic E-state index is -1.14. The van der Waals surface area contributed by atoms with Gasteiger partial charge in [0.1, 0.15) is 17.7 Å². The Bertz CT molecular complexity index is 521. The third-order valence-corrected chi connectivity index (χ3v) is 2.76. The Kier molecular flexibility index (Phi) is 6.08. The fraction of sp³-hybridized carbons (Fsp3) is 0.429. The summed E-state index contributed by atoms with van der Waals surface area (Å²) >= 11 is 0. The molecule has 1 rings (SSSR count). The first-order valence-corrected chi connectivity index (χ1v) is 6.50. The summed E-state index contributed by atoms with van der Waals surface area (Å²) in [5.74, 6) is -2.31. The van der Waals surface area contributed by atoms with E-state index in [1.807, 2.05) is 13.8 Å². The number of nitrogens with one attached hydrogen (secondary N) is 2. The van der Waals surface area contributed by atoms with Crippen LogP contribution in [-0.4, -0.2) is 23.1 Å². The Morgan fingerprint density at radius 1 is 1.29 bits per heavy atom. The van der Waals surface area contributed by atoms with Gasteiger partial charge in [-0.2, -0.15) is 0 Å². The summed E-state index contributed by atoms with van der Waals surface area (Å²) in [6, 6.07) is 1.14. The van der Waals surface area contributed by atoms with Gasteiger partial charge in [0.2, 0.25) is 0 Å². The first-order valence-electron chi connectivity index (χ1n) is 6.50. The number of rotatable bonds is 6. The SMILES string of the molecule is CC(C)CC(NC(=O)NCc1cc(F)ccc1F)C(=O)O. The molecule has 0 fully saturated rings. The van der Waals surface area contributed by atoms with Crippen molar-refractivity contribution in [1.29, 1.82) is 0 Å². The second kappa shape index (κ2) is 7.56. The monoisotopic (exact) mass is 300 g/mol. The highest BCUT2D eigenvalue weighted by Crippen LogP contribution is 2.09. The van der Waals surface area contributed by atoms with Crippen molar-refractivity contribution in [3.05, 3.63) is 35.4 Å². The van der Waals surface area contributed by atoms with Gasteiger partial charge in [0.25, 0.3) is 0 Å². The minimum absolute atomic E-state index is 0.0131. The van der Waals surface area contributed by atoms with Gasteiger partial charge in [0, 0.05) is 12.1 Å². The van der Waals surface area contributed by atoms with E-state index in [1.54, 1.807) is 0 Å². The topological polar surface area (TPSA) is 78.4 Å². The summed E-state index contributed by atoms with van der Waals surface area (Å²) < 4.78 is 26.3. The average Bonchev–Trinajstić information content (AvgIpc) is 2.38. The quantitative estimate of drug-likeness (QED) is 0.754. The predicted octanol–water partition coefficient (Wildman–Crippen LogP) is 2.26. The highest BCUT2D eigenvalue weighted by Gasteiger charge is 2.20. The molecule has 2 amide bonds. The van der Waals surface area contributed by atoms with Gasteiger partial charge in [0.15, 0.2) is 0 Å². The largest absolute Gasteiger partial charge is 0.480 e. The molecular weight excluding hydrogens is 282 g/mol. The number of benzene rings is 1. The van der Waals surface area contributed by atoms with E-state index in [-0.39, 0.29) is 24.4 Å². The highest BCUT2D eigenvalue weighted by molar-refractivity contribution is 5.82. The fourth-order valence-corrected chi connectivity index (χ4v) is 1.76. The lowest BCUT2D eigenvalue weighted by atomic mass is 10.0. The number of halogens is 2. The van der Waals surface area contributed by atoms with Crippen molar-refractivity contribution < 1.29 is 23.5 Å². The molecule has 0 bridgehead atoms. The van der Waals surface area contributed by atoms with Crippen molar-refractivity contribution in [2.45, 2.75) is 32.9 Å². The normalized spacial score (nSPS) is 12.0. The Hall–Kier alpha value is -2.18. The number of carbonyl (C=O) groups is 2. The second-order valence-corrected chi connectivity index (χ2v) is 5.08. The van der Waals surface area contributed by atoms with E-state index in [0.29, 0.717) is 0 Å². The third kappa shape index (κ3) is 5.76. The number of aliphatic carboxylic acids is 1. The maximum atomic E-state index is 13.4. The third-order valence-electron chi connectivity index (χ3n) is 2.76. The lowest BCUT2D eigenvalue weighted by molar-refractivity contribution is -0.139. The molecule has 0 saturated heterocycles. The highest BCUT2D eigenvalue weighted by atomic mass is 19.1. The van der Waals surface area contributed by atoms with E-state index in [0.717, 1.165) is 18.2 Å². The van der Waals surface area contributed by atoms with Gasteiger partial charge >= 0.3 is 12.0 Å². The molecule has 3 N–H and O–H groups in total. The molecule has 0 radical (unpaired) electrons. The molecule has 0 spiro atoms. The van der Waals surface area contributed by atoms with Crippen molar-refractivity contribution in [2.75, 3.05) is 0 Å². The fourth-order valence-electron chi connectivity index (χ4n) is 1.76. The van der Waals surface area contributed by atoms with Crippen LogP contribution in [0.25, 0.3) is 0 Å². The Morgan fingerprint density at radius 3 is 2.52 bits per heavy atom. The number of urea groups is 1. The van der Waals surface area contributed by atoms with E-state index in [2.05, 4.69) is 10.6 Å². The number of carbonyl (C=O) groups excluding carboxylic acids is 1. The molecule has 1 aromatic carbocycles. The van der Waals surface area contributed by atoms with Gasteiger partial charge < -0.3 is 15.7 Å². The van der Waals surface area contributed by atoms with Gasteiger partial charge in [-0.05, 0) is 30.5 Å². The second-order valence-electron chi connectivity index (χ2n) is 5.08. The zero-order valence-electron chi connectivity index (χ0n) is 11.8. The molecule has 7 heteroatoms. The van der Waals surface area contributed by atoms with Crippen LogP contribution in [0.4, 0.5) is 13.6 Å². The van der Waals surface area contributed by atoms with E-state index >= 15 is 0 Å². The van der Waals surface area contributed by atoms with Crippen LogP contribution in [0.1, 0.15) is 25.8 Å². The molecule has 0 aliphatic heterocycles. The van der Waals surface area contributed by atoms with Crippen molar-refractivity contribution >= 4 is 12.0 Å². The molecule has 1 unspecified atom stereocenters. The lowest BCUT2D eigenvalue weighted by Gasteiger charge is -2.17. The molecule has 21 heavy (non-hydrogen) atoms. The Morgan fingerprint density at radius 2 is 1.95 bits per heavy atom. The van der Waals surface area contributed by atoms with E-state index in [9.17, 15) is 18.4 Å². The molecule has 116 valence electrons. The number of hydrogen-bond donors (Lipinski definition) is 3. The summed E-state index contributed by atoms with van der Waals surface area (Å²) in [5, 5.41) is 13.6. The Labute approximate surface area is 121 Å². The van der Waals surface area contributed by atoms with Gasteiger partial charge in [0.05, 0.1) is 0 Å². The van der Waals surface area contributed by atoms with E-state index in [1.165, 1.54) is 0 Å². The minimum Gasteiger partial charge on any atom is -0.480 e. The summed E-state index contributed by atoms with van der Waals surface area (Å²) in [4.78, 5) is 22.6. The number of carboxylic acid groups (broad SMARTS) is 1. The molecule has 1 aromatic rings. The van der Waals surface area contributed by atoms with Crippen LogP contribution in [0.15, 0.2) is 18.2 Å². The summed E-state index contributed by atoms with van der Waals surface area (Å²) in [7, 11) is 0. The average molecular weight is 300 g/mol. The first kappa shape index (κ1) is 16.9. The first-order chi connectivity index (χ1) is 9.79. The summed E-state index contributed by atoms with van der Waals surface area (Å²) in [6.45, 7) is 3.43. The standard InChI is InChI=1S/C14H18F2N2O3/c1-8(2)5-12(13(19)20)18-14(21)17-7-9-6-10(15)3-4-11(9)16/h3-4,6,8,12H,5,7H2,1-2H3,(H,19,20)(H2,17,18,21). The zero-order valence-corrected chi connectivity index (χ0v) is 11.8. The molecule has 0 aromatic heterocycles. The Balaban J connectivity index is 2.56. The van der Waals surface area contributed by atoms with Crippen LogP contribution in [0.5, 0.6) is 0 Å². The summed E-state index contributed by atoms with van der Waals surface area (Å²) in [6.07, 6.45) is 0.275. The van der Waals surface area contributed by atoms with E-state index < -0.39 is 29.7 Å². The molecule has 5 nitrogen and oxygen atoms in total. The zero-order chi connectivity index (χ0) is 16.0. The number of hydrogen-bond acceptors (Lipinski definition) is 2. The van der Waals surface area contributed by atoms with Crippen molar-refractivity contribution in [3.8, 4) is 0 Å². The molecular formula is C14H18F2N2O3. The van der Waals surface area contributed by atoms with Crippen LogP contribution >= 0.6 is 0 Å². The van der Waals surface area contributed by atoms with Crippen molar-refractivity contribution in [1.82, 2.24) is 10.6 Å². The summed E-state index contributed by atoms with van der Waals surface area (Å²) in [5.41, 5.74) is -0.0131. The number of amides is 2. The maximum absolute atomic E-state index is 13.4. The molecule has 1 atom stereocenters. The van der Waals surface area contributed by atoms with Crippen LogP contribution in [0, 0.1) is 17.6 Å². The lowest BCUT2D eigenvalue weighted by Crippen LogP contribution is -2.46. The van der Waals surface area contributed by atoms with Gasteiger partial charge in [-0.25, -0.2) is 18.4 Å². The van der Waals surface area contributed by atoms with Crippen LogP contribution in [-0.2, 0) is 11.3 Å². The van der Waals surface area contributed by atoms with Crippen LogP contribution < -0.4 is 10.6 Å². The molecule has 0 saturated carbocycles. The van der Waals surface area contributed by atoms with Crippen molar-refractivity contribution in [3.63, 3.8) is 0 Å². The van der Waals surface area contributed by atoms with Gasteiger partial charge in [-0.15, -0.1) is 0 Å². The predicted molar refractivity (Wildman–Crippen MR) is 72.6 cm³/mol. The van der Waals surface area contributed by atoms with Crippen molar-refractivity contribution in [2.24, 2.45) is 5.92 Å².